The normalized spacial score (nSPS) is 21.1. The molecule has 0 spiro atoms. The minimum Gasteiger partial charge on any atom is -0.394 e. The molecule has 1 atom stereocenters. The minimum atomic E-state index is -0.460. The third-order valence-corrected chi connectivity index (χ3v) is 3.53. The van der Waals surface area contributed by atoms with Crippen LogP contribution in [-0.4, -0.2) is 48.7 Å². The Morgan fingerprint density at radius 3 is 2.72 bits per heavy atom. The molecule has 98 valence electrons. The van der Waals surface area contributed by atoms with Crippen molar-refractivity contribution in [3.05, 3.63) is 29.8 Å². The van der Waals surface area contributed by atoms with Crippen LogP contribution in [0.3, 0.4) is 0 Å². The molecule has 1 fully saturated rings. The number of aliphatic hydroxyl groups excluding tert-OH is 1. The number of amides is 1. The molecule has 2 rings (SSSR count). The molecule has 1 aliphatic heterocycles. The summed E-state index contributed by atoms with van der Waals surface area (Å²) in [6, 6.07) is 7.53. The maximum atomic E-state index is 12.2. The maximum absolute atomic E-state index is 12.2. The van der Waals surface area contributed by atoms with Crippen LogP contribution in [0, 0.1) is 6.92 Å². The van der Waals surface area contributed by atoms with Gasteiger partial charge in [-0.05, 0) is 25.0 Å². The lowest BCUT2D eigenvalue weighted by molar-refractivity contribution is -0.131. The molecule has 0 aliphatic carbocycles. The van der Waals surface area contributed by atoms with Gasteiger partial charge in [-0.1, -0.05) is 18.2 Å². The monoisotopic (exact) mass is 248 g/mol. The lowest BCUT2D eigenvalue weighted by atomic mass is 10.1. The average molecular weight is 248 g/mol. The fourth-order valence-corrected chi connectivity index (χ4v) is 2.48. The summed E-state index contributed by atoms with van der Waals surface area (Å²) in [6.45, 7) is 3.43. The van der Waals surface area contributed by atoms with Crippen LogP contribution in [0.5, 0.6) is 0 Å². The molecule has 1 aromatic carbocycles. The molecule has 1 saturated heterocycles. The number of aliphatic hydroxyl groups is 1. The summed E-state index contributed by atoms with van der Waals surface area (Å²) in [5.74, 6) is -0.00162. The lowest BCUT2D eigenvalue weighted by Crippen LogP contribution is -2.47. The number of anilines is 1. The highest BCUT2D eigenvalue weighted by Gasteiger charge is 2.31. The van der Waals surface area contributed by atoms with Crippen molar-refractivity contribution in [3.8, 4) is 0 Å². The fraction of sp³-hybridized carbons (Fsp3) is 0.500. The van der Waals surface area contributed by atoms with Gasteiger partial charge in [0, 0.05) is 25.8 Å². The zero-order valence-corrected chi connectivity index (χ0v) is 11.0. The first-order chi connectivity index (χ1) is 8.65. The van der Waals surface area contributed by atoms with E-state index in [9.17, 15) is 9.90 Å². The van der Waals surface area contributed by atoms with Crippen LogP contribution in [-0.2, 0) is 4.79 Å². The Morgan fingerprint density at radius 2 is 2.06 bits per heavy atom. The van der Waals surface area contributed by atoms with Crippen molar-refractivity contribution >= 4 is 11.6 Å². The summed E-state index contributed by atoms with van der Waals surface area (Å²) in [5, 5.41) is 9.54. The van der Waals surface area contributed by atoms with Crippen molar-refractivity contribution in [2.75, 3.05) is 31.6 Å². The number of likely N-dealkylation sites (N-methyl/N-ethyl adjacent to an activating group) is 1. The van der Waals surface area contributed by atoms with E-state index in [1.54, 1.807) is 11.9 Å². The first-order valence-electron chi connectivity index (χ1n) is 6.33. The van der Waals surface area contributed by atoms with E-state index in [2.05, 4.69) is 0 Å². The average Bonchev–Trinajstić information content (AvgIpc) is 2.50. The van der Waals surface area contributed by atoms with Gasteiger partial charge in [-0.15, -0.1) is 0 Å². The highest BCUT2D eigenvalue weighted by Crippen LogP contribution is 2.24. The molecule has 1 aliphatic rings. The second-order valence-corrected chi connectivity index (χ2v) is 4.79. The quantitative estimate of drug-likeness (QED) is 0.850. The van der Waals surface area contributed by atoms with Gasteiger partial charge in [0.05, 0.1) is 6.61 Å². The molecule has 1 N–H and O–H groups in total. The van der Waals surface area contributed by atoms with Crippen LogP contribution in [0.4, 0.5) is 5.69 Å². The summed E-state index contributed by atoms with van der Waals surface area (Å²) in [5.41, 5.74) is 2.17. The topological polar surface area (TPSA) is 43.8 Å². The number of rotatable bonds is 2. The minimum absolute atomic E-state index is 0.00162. The SMILES string of the molecule is Cc1ccccc1N1CCCN(C)C(=O)C1CO. The molecule has 18 heavy (non-hydrogen) atoms. The van der Waals surface area contributed by atoms with E-state index >= 15 is 0 Å². The van der Waals surface area contributed by atoms with E-state index in [4.69, 9.17) is 0 Å². The third kappa shape index (κ3) is 2.34. The number of hydrogen-bond acceptors (Lipinski definition) is 3. The van der Waals surface area contributed by atoms with Gasteiger partial charge >= 0.3 is 0 Å². The fourth-order valence-electron chi connectivity index (χ4n) is 2.48. The Hall–Kier alpha value is -1.55. The molecular weight excluding hydrogens is 228 g/mol. The predicted octanol–water partition coefficient (Wildman–Crippen LogP) is 1.02. The van der Waals surface area contributed by atoms with Crippen molar-refractivity contribution < 1.29 is 9.90 Å². The number of carbonyl (C=O) groups is 1. The molecule has 4 nitrogen and oxygen atoms in total. The molecule has 1 unspecified atom stereocenters. The zero-order chi connectivity index (χ0) is 13.1. The Balaban J connectivity index is 2.35. The second kappa shape index (κ2) is 5.40. The molecule has 0 aromatic heterocycles. The van der Waals surface area contributed by atoms with E-state index in [0.29, 0.717) is 0 Å². The van der Waals surface area contributed by atoms with Gasteiger partial charge in [-0.25, -0.2) is 0 Å². The van der Waals surface area contributed by atoms with Gasteiger partial charge < -0.3 is 14.9 Å². The number of nitrogens with zero attached hydrogens (tertiary/aromatic N) is 2. The molecule has 0 bridgehead atoms. The van der Waals surface area contributed by atoms with Gasteiger partial charge in [0.1, 0.15) is 6.04 Å². The Labute approximate surface area is 108 Å². The standard InChI is InChI=1S/C14H20N2O2/c1-11-6-3-4-7-12(11)16-9-5-8-15(2)14(18)13(16)10-17/h3-4,6-7,13,17H,5,8-10H2,1-2H3. The first kappa shape index (κ1) is 12.9. The molecule has 1 aromatic rings. The summed E-state index contributed by atoms with van der Waals surface area (Å²) in [6.07, 6.45) is 0.924. The van der Waals surface area contributed by atoms with Gasteiger partial charge in [-0.3, -0.25) is 4.79 Å². The van der Waals surface area contributed by atoms with Crippen LogP contribution in [0.2, 0.25) is 0 Å². The predicted molar refractivity (Wildman–Crippen MR) is 71.7 cm³/mol. The van der Waals surface area contributed by atoms with Crippen molar-refractivity contribution in [2.45, 2.75) is 19.4 Å². The van der Waals surface area contributed by atoms with E-state index in [1.807, 2.05) is 36.1 Å². The zero-order valence-electron chi connectivity index (χ0n) is 11.0. The Morgan fingerprint density at radius 1 is 1.33 bits per heavy atom. The molecule has 0 saturated carbocycles. The summed E-state index contributed by atoms with van der Waals surface area (Å²) in [7, 11) is 1.80. The molecule has 0 radical (unpaired) electrons. The number of para-hydroxylation sites is 1. The van der Waals surface area contributed by atoms with Crippen molar-refractivity contribution in [1.82, 2.24) is 4.90 Å². The second-order valence-electron chi connectivity index (χ2n) is 4.79. The van der Waals surface area contributed by atoms with Crippen molar-refractivity contribution in [3.63, 3.8) is 0 Å². The maximum Gasteiger partial charge on any atom is 0.247 e. The molecular formula is C14H20N2O2. The molecule has 1 amide bonds. The van der Waals surface area contributed by atoms with Gasteiger partial charge in [0.25, 0.3) is 0 Å². The van der Waals surface area contributed by atoms with Crippen molar-refractivity contribution in [1.29, 1.82) is 0 Å². The lowest BCUT2D eigenvalue weighted by Gasteiger charge is -2.31. The number of aryl methyl sites for hydroxylation is 1. The van der Waals surface area contributed by atoms with E-state index in [0.717, 1.165) is 30.8 Å². The van der Waals surface area contributed by atoms with Crippen molar-refractivity contribution in [2.24, 2.45) is 0 Å². The van der Waals surface area contributed by atoms with Gasteiger partial charge in [0.2, 0.25) is 5.91 Å². The van der Waals surface area contributed by atoms with Crippen LogP contribution < -0.4 is 4.90 Å². The largest absolute Gasteiger partial charge is 0.394 e. The molecule has 1 heterocycles. The molecule has 4 heteroatoms. The van der Waals surface area contributed by atoms with Crippen LogP contribution >= 0.6 is 0 Å². The third-order valence-electron chi connectivity index (χ3n) is 3.53. The van der Waals surface area contributed by atoms with Crippen LogP contribution in [0.15, 0.2) is 24.3 Å². The Kier molecular flexibility index (Phi) is 3.87. The highest BCUT2D eigenvalue weighted by molar-refractivity contribution is 5.86. The van der Waals surface area contributed by atoms with Gasteiger partial charge in [0.15, 0.2) is 0 Å². The van der Waals surface area contributed by atoms with Crippen LogP contribution in [0.25, 0.3) is 0 Å². The first-order valence-corrected chi connectivity index (χ1v) is 6.33. The van der Waals surface area contributed by atoms with E-state index < -0.39 is 6.04 Å². The van der Waals surface area contributed by atoms with Gasteiger partial charge in [-0.2, -0.15) is 0 Å². The summed E-state index contributed by atoms with van der Waals surface area (Å²) >= 11 is 0. The van der Waals surface area contributed by atoms with E-state index in [1.165, 1.54) is 0 Å². The summed E-state index contributed by atoms with van der Waals surface area (Å²) < 4.78 is 0. The number of benzene rings is 1. The number of carbonyl (C=O) groups excluding carboxylic acids is 1. The Bertz CT molecular complexity index is 434. The highest BCUT2D eigenvalue weighted by atomic mass is 16.3. The summed E-state index contributed by atoms with van der Waals surface area (Å²) in [4.78, 5) is 15.9. The smallest absolute Gasteiger partial charge is 0.247 e. The van der Waals surface area contributed by atoms with Crippen LogP contribution in [0.1, 0.15) is 12.0 Å². The number of hydrogen-bond donors (Lipinski definition) is 1. The van der Waals surface area contributed by atoms with E-state index in [-0.39, 0.29) is 12.5 Å².